The van der Waals surface area contributed by atoms with E-state index in [1.807, 2.05) is 12.1 Å². The highest BCUT2D eigenvalue weighted by atomic mass is 16.6. The van der Waals surface area contributed by atoms with Crippen molar-refractivity contribution in [2.75, 3.05) is 6.61 Å². The predicted octanol–water partition coefficient (Wildman–Crippen LogP) is 3.20. The Hall–Kier alpha value is -0.860. The fourth-order valence-corrected chi connectivity index (χ4v) is 1.95. The monoisotopic (exact) mass is 234 g/mol. The lowest BCUT2D eigenvalue weighted by atomic mass is 9.86. The Morgan fingerprint density at radius 2 is 1.88 bits per heavy atom. The molecule has 94 valence electrons. The third-order valence-electron chi connectivity index (χ3n) is 3.33. The van der Waals surface area contributed by atoms with Gasteiger partial charge in [-0.25, -0.2) is 0 Å². The van der Waals surface area contributed by atoms with Crippen LogP contribution in [0.15, 0.2) is 24.3 Å². The van der Waals surface area contributed by atoms with Crippen LogP contribution in [-0.4, -0.2) is 17.8 Å². The van der Waals surface area contributed by atoms with Crippen LogP contribution < -0.4 is 0 Å². The molecule has 0 aliphatic carbocycles. The lowest BCUT2D eigenvalue weighted by Crippen LogP contribution is -2.11. The third-order valence-corrected chi connectivity index (χ3v) is 3.33. The van der Waals surface area contributed by atoms with Crippen molar-refractivity contribution in [3.05, 3.63) is 35.4 Å². The largest absolute Gasteiger partial charge is 0.388 e. The van der Waals surface area contributed by atoms with Gasteiger partial charge in [-0.05, 0) is 29.4 Å². The summed E-state index contributed by atoms with van der Waals surface area (Å²) in [5.74, 6) is 0. The standard InChI is InChI=1S/C15H22O2/c1-15(2,3)12-6-4-11(5-7-12)14(16)9-8-13-10-17-13/h4-7,13-14,16H,8-10H2,1-3H3. The molecule has 2 heteroatoms. The number of aliphatic hydroxyl groups is 1. The van der Waals surface area contributed by atoms with Gasteiger partial charge in [0.2, 0.25) is 0 Å². The molecule has 2 atom stereocenters. The molecule has 17 heavy (non-hydrogen) atoms. The van der Waals surface area contributed by atoms with Crippen LogP contribution in [0.25, 0.3) is 0 Å². The molecule has 0 bridgehead atoms. The Balaban J connectivity index is 1.96. The molecule has 0 radical (unpaired) electrons. The first-order chi connectivity index (χ1) is 7.97. The van der Waals surface area contributed by atoms with Crippen LogP contribution in [-0.2, 0) is 10.2 Å². The molecule has 2 unspecified atom stereocenters. The summed E-state index contributed by atoms with van der Waals surface area (Å²) in [5.41, 5.74) is 2.49. The quantitative estimate of drug-likeness (QED) is 0.811. The maximum Gasteiger partial charge on any atom is 0.0811 e. The van der Waals surface area contributed by atoms with E-state index in [4.69, 9.17) is 4.74 Å². The molecule has 1 fully saturated rings. The minimum atomic E-state index is -0.354. The van der Waals surface area contributed by atoms with Gasteiger partial charge in [-0.2, -0.15) is 0 Å². The summed E-state index contributed by atoms with van der Waals surface area (Å²) in [7, 11) is 0. The number of aliphatic hydroxyl groups excluding tert-OH is 1. The van der Waals surface area contributed by atoms with E-state index in [0.717, 1.165) is 25.0 Å². The van der Waals surface area contributed by atoms with Crippen molar-refractivity contribution in [3.63, 3.8) is 0 Å². The lowest BCUT2D eigenvalue weighted by Gasteiger charge is -2.20. The molecule has 1 N–H and O–H groups in total. The van der Waals surface area contributed by atoms with Crippen molar-refractivity contribution in [2.45, 2.75) is 51.2 Å². The first kappa shape index (κ1) is 12.6. The number of rotatable bonds is 4. The number of benzene rings is 1. The Labute approximate surface area is 104 Å². The highest BCUT2D eigenvalue weighted by molar-refractivity contribution is 5.28. The van der Waals surface area contributed by atoms with Crippen molar-refractivity contribution in [1.82, 2.24) is 0 Å². The fourth-order valence-electron chi connectivity index (χ4n) is 1.95. The molecule has 0 saturated carbocycles. The molecule has 2 rings (SSSR count). The summed E-state index contributed by atoms with van der Waals surface area (Å²) in [5, 5.41) is 10.0. The van der Waals surface area contributed by atoms with Crippen LogP contribution >= 0.6 is 0 Å². The van der Waals surface area contributed by atoms with Gasteiger partial charge >= 0.3 is 0 Å². The molecule has 1 aromatic rings. The van der Waals surface area contributed by atoms with Crippen molar-refractivity contribution in [3.8, 4) is 0 Å². The third kappa shape index (κ3) is 3.55. The van der Waals surface area contributed by atoms with Crippen LogP contribution in [0.1, 0.15) is 50.8 Å². The van der Waals surface area contributed by atoms with Crippen LogP contribution in [0.4, 0.5) is 0 Å². The second-order valence-electron chi connectivity index (χ2n) is 5.92. The second-order valence-corrected chi connectivity index (χ2v) is 5.92. The van der Waals surface area contributed by atoms with Gasteiger partial charge < -0.3 is 9.84 Å². The van der Waals surface area contributed by atoms with Gasteiger partial charge in [0.1, 0.15) is 0 Å². The highest BCUT2D eigenvalue weighted by Gasteiger charge is 2.23. The molecule has 1 saturated heterocycles. The molecule has 1 heterocycles. The van der Waals surface area contributed by atoms with Crippen LogP contribution in [0, 0.1) is 0 Å². The van der Waals surface area contributed by atoms with Gasteiger partial charge in [0.05, 0.1) is 18.8 Å². The normalized spacial score (nSPS) is 21.3. The van der Waals surface area contributed by atoms with Gasteiger partial charge in [-0.15, -0.1) is 0 Å². The smallest absolute Gasteiger partial charge is 0.0811 e. The highest BCUT2D eigenvalue weighted by Crippen LogP contribution is 2.27. The Morgan fingerprint density at radius 1 is 1.29 bits per heavy atom. The zero-order chi connectivity index (χ0) is 12.5. The van der Waals surface area contributed by atoms with Crippen molar-refractivity contribution in [1.29, 1.82) is 0 Å². The Bertz CT molecular complexity index is 358. The average Bonchev–Trinajstić information content (AvgIpc) is 3.09. The average molecular weight is 234 g/mol. The van der Waals surface area contributed by atoms with Gasteiger partial charge in [0.25, 0.3) is 0 Å². The summed E-state index contributed by atoms with van der Waals surface area (Å²) >= 11 is 0. The predicted molar refractivity (Wildman–Crippen MR) is 69.1 cm³/mol. The molecule has 2 nitrogen and oxygen atoms in total. The van der Waals surface area contributed by atoms with Crippen LogP contribution in [0.2, 0.25) is 0 Å². The van der Waals surface area contributed by atoms with Gasteiger partial charge in [-0.1, -0.05) is 45.0 Å². The summed E-state index contributed by atoms with van der Waals surface area (Å²) in [6, 6.07) is 8.32. The number of hydrogen-bond donors (Lipinski definition) is 1. The summed E-state index contributed by atoms with van der Waals surface area (Å²) < 4.78 is 5.15. The van der Waals surface area contributed by atoms with E-state index in [2.05, 4.69) is 32.9 Å². The summed E-state index contributed by atoms with van der Waals surface area (Å²) in [6.07, 6.45) is 1.80. The van der Waals surface area contributed by atoms with E-state index < -0.39 is 0 Å². The number of ether oxygens (including phenoxy) is 1. The zero-order valence-electron chi connectivity index (χ0n) is 10.9. The fraction of sp³-hybridized carbons (Fsp3) is 0.600. The van der Waals surface area contributed by atoms with Crippen LogP contribution in [0.3, 0.4) is 0 Å². The van der Waals surface area contributed by atoms with E-state index in [0.29, 0.717) is 6.10 Å². The minimum absolute atomic E-state index is 0.172. The SMILES string of the molecule is CC(C)(C)c1ccc(C(O)CCC2CO2)cc1. The van der Waals surface area contributed by atoms with Gasteiger partial charge in [0, 0.05) is 0 Å². The van der Waals surface area contributed by atoms with Crippen molar-refractivity contribution in [2.24, 2.45) is 0 Å². The lowest BCUT2D eigenvalue weighted by molar-refractivity contribution is 0.160. The maximum absolute atomic E-state index is 10.0. The van der Waals surface area contributed by atoms with Gasteiger partial charge in [0.15, 0.2) is 0 Å². The first-order valence-corrected chi connectivity index (χ1v) is 6.37. The molecule has 1 aliphatic rings. The second kappa shape index (κ2) is 4.79. The molecular weight excluding hydrogens is 212 g/mol. The molecule has 1 aliphatic heterocycles. The van der Waals surface area contributed by atoms with E-state index >= 15 is 0 Å². The molecule has 1 aromatic carbocycles. The Morgan fingerprint density at radius 3 is 2.35 bits per heavy atom. The first-order valence-electron chi connectivity index (χ1n) is 6.37. The van der Waals surface area contributed by atoms with Crippen LogP contribution in [0.5, 0.6) is 0 Å². The molecule has 0 amide bonds. The number of hydrogen-bond acceptors (Lipinski definition) is 2. The zero-order valence-corrected chi connectivity index (χ0v) is 10.9. The molecule has 0 aromatic heterocycles. The summed E-state index contributed by atoms with van der Waals surface area (Å²) in [6.45, 7) is 7.46. The van der Waals surface area contributed by atoms with E-state index in [9.17, 15) is 5.11 Å². The summed E-state index contributed by atoms with van der Waals surface area (Å²) in [4.78, 5) is 0. The maximum atomic E-state index is 10.0. The van der Waals surface area contributed by atoms with E-state index in [-0.39, 0.29) is 11.5 Å². The topological polar surface area (TPSA) is 32.8 Å². The van der Waals surface area contributed by atoms with Crippen molar-refractivity contribution >= 4 is 0 Å². The number of epoxide rings is 1. The van der Waals surface area contributed by atoms with Crippen molar-refractivity contribution < 1.29 is 9.84 Å². The minimum Gasteiger partial charge on any atom is -0.388 e. The van der Waals surface area contributed by atoms with Gasteiger partial charge in [-0.3, -0.25) is 0 Å². The van der Waals surface area contributed by atoms with E-state index in [1.54, 1.807) is 0 Å². The molecular formula is C15H22O2. The Kier molecular flexibility index (Phi) is 3.55. The molecule has 0 spiro atoms. The van der Waals surface area contributed by atoms with E-state index in [1.165, 1.54) is 5.56 Å².